The summed E-state index contributed by atoms with van der Waals surface area (Å²) >= 11 is 3.45. The molecule has 168 valence electrons. The van der Waals surface area contributed by atoms with Crippen molar-refractivity contribution in [1.82, 2.24) is 4.72 Å². The van der Waals surface area contributed by atoms with Crippen molar-refractivity contribution < 1.29 is 17.9 Å². The Hall–Kier alpha value is -1.90. The Balaban J connectivity index is 1.56. The molecule has 31 heavy (non-hydrogen) atoms. The maximum absolute atomic E-state index is 12.6. The number of carbonyl (C=O) groups excluding carboxylic acids is 1. The zero-order valence-corrected chi connectivity index (χ0v) is 20.3. The highest BCUT2D eigenvalue weighted by Crippen LogP contribution is 2.29. The standard InChI is InChI=1S/C23H29BrN2O4S/c1-16(2)21-14-17(24)8-13-22(21)30-15-23(27)25-18-9-11-20(12-10-18)31(28,29)26-19-6-4-3-5-7-19/h8-14,16,19,26H,3-7,15H2,1-2H3,(H,25,27). The third-order valence-corrected chi connectivity index (χ3v) is 7.36. The quantitative estimate of drug-likeness (QED) is 0.512. The topological polar surface area (TPSA) is 84.5 Å². The lowest BCUT2D eigenvalue weighted by molar-refractivity contribution is -0.118. The number of carbonyl (C=O) groups is 1. The molecule has 0 spiro atoms. The van der Waals surface area contributed by atoms with Gasteiger partial charge in [0.05, 0.1) is 4.90 Å². The maximum atomic E-state index is 12.6. The Kier molecular flexibility index (Phi) is 8.13. The van der Waals surface area contributed by atoms with Gasteiger partial charge in [0.2, 0.25) is 10.0 Å². The van der Waals surface area contributed by atoms with Crippen LogP contribution in [0.4, 0.5) is 5.69 Å². The molecule has 0 aliphatic heterocycles. The fourth-order valence-corrected chi connectivity index (χ4v) is 5.35. The minimum absolute atomic E-state index is 0.00428. The van der Waals surface area contributed by atoms with Crippen LogP contribution in [0.1, 0.15) is 57.4 Å². The Morgan fingerprint density at radius 1 is 1.10 bits per heavy atom. The molecule has 0 radical (unpaired) electrons. The van der Waals surface area contributed by atoms with Gasteiger partial charge in [0.25, 0.3) is 5.91 Å². The first kappa shape index (κ1) is 23.8. The van der Waals surface area contributed by atoms with Crippen LogP contribution in [0.3, 0.4) is 0 Å². The Bertz CT molecular complexity index is 1000. The molecule has 0 bridgehead atoms. The molecule has 1 saturated carbocycles. The highest BCUT2D eigenvalue weighted by atomic mass is 79.9. The van der Waals surface area contributed by atoms with Crippen molar-refractivity contribution in [2.24, 2.45) is 0 Å². The van der Waals surface area contributed by atoms with Crippen LogP contribution >= 0.6 is 15.9 Å². The van der Waals surface area contributed by atoms with Crippen molar-refractivity contribution in [3.05, 3.63) is 52.5 Å². The first-order chi connectivity index (χ1) is 14.7. The number of hydrogen-bond donors (Lipinski definition) is 2. The van der Waals surface area contributed by atoms with Crippen LogP contribution in [0.15, 0.2) is 51.8 Å². The lowest BCUT2D eigenvalue weighted by Crippen LogP contribution is -2.36. The van der Waals surface area contributed by atoms with Gasteiger partial charge in [-0.2, -0.15) is 0 Å². The van der Waals surface area contributed by atoms with Gasteiger partial charge in [-0.05, 0) is 66.8 Å². The summed E-state index contributed by atoms with van der Waals surface area (Å²) in [4.78, 5) is 12.5. The minimum Gasteiger partial charge on any atom is -0.483 e. The van der Waals surface area contributed by atoms with Gasteiger partial charge in [-0.15, -0.1) is 0 Å². The van der Waals surface area contributed by atoms with E-state index in [1.54, 1.807) is 12.1 Å². The van der Waals surface area contributed by atoms with Crippen LogP contribution < -0.4 is 14.8 Å². The van der Waals surface area contributed by atoms with Crippen LogP contribution in [0, 0.1) is 0 Å². The number of halogens is 1. The molecule has 1 aliphatic carbocycles. The highest BCUT2D eigenvalue weighted by molar-refractivity contribution is 9.10. The predicted octanol–water partition coefficient (Wildman–Crippen LogP) is 5.20. The van der Waals surface area contributed by atoms with Crippen LogP contribution in [-0.2, 0) is 14.8 Å². The first-order valence-corrected chi connectivity index (χ1v) is 12.9. The number of rotatable bonds is 8. The fraction of sp³-hybridized carbons (Fsp3) is 0.435. The Morgan fingerprint density at radius 2 is 1.77 bits per heavy atom. The molecular formula is C23H29BrN2O4S. The number of nitrogens with one attached hydrogen (secondary N) is 2. The number of benzene rings is 2. The van der Waals surface area contributed by atoms with Crippen LogP contribution in [0.25, 0.3) is 0 Å². The summed E-state index contributed by atoms with van der Waals surface area (Å²) in [7, 11) is -3.56. The monoisotopic (exact) mass is 508 g/mol. The molecule has 0 atom stereocenters. The van der Waals surface area contributed by atoms with Crippen molar-refractivity contribution in [2.75, 3.05) is 11.9 Å². The number of sulfonamides is 1. The number of anilines is 1. The number of amides is 1. The van der Waals surface area contributed by atoms with E-state index < -0.39 is 10.0 Å². The van der Waals surface area contributed by atoms with E-state index in [1.165, 1.54) is 12.1 Å². The van der Waals surface area contributed by atoms with Crippen molar-refractivity contribution >= 4 is 37.5 Å². The Labute approximate surface area is 193 Å². The van der Waals surface area contributed by atoms with Crippen LogP contribution in [0.5, 0.6) is 5.75 Å². The number of hydrogen-bond acceptors (Lipinski definition) is 4. The molecule has 0 unspecified atom stereocenters. The zero-order valence-electron chi connectivity index (χ0n) is 17.9. The summed E-state index contributed by atoms with van der Waals surface area (Å²) in [5.41, 5.74) is 1.53. The van der Waals surface area contributed by atoms with E-state index in [0.717, 1.165) is 42.1 Å². The lowest BCUT2D eigenvalue weighted by atomic mass is 9.96. The molecule has 8 heteroatoms. The van der Waals surface area contributed by atoms with Gasteiger partial charge >= 0.3 is 0 Å². The largest absolute Gasteiger partial charge is 0.483 e. The maximum Gasteiger partial charge on any atom is 0.262 e. The molecule has 1 aliphatic rings. The normalized spacial score (nSPS) is 15.1. The van der Waals surface area contributed by atoms with Gasteiger partial charge in [-0.25, -0.2) is 13.1 Å². The van der Waals surface area contributed by atoms with E-state index in [9.17, 15) is 13.2 Å². The smallest absolute Gasteiger partial charge is 0.262 e. The van der Waals surface area contributed by atoms with Gasteiger partial charge in [0, 0.05) is 16.2 Å². The molecule has 2 aromatic rings. The molecule has 1 fully saturated rings. The molecule has 0 heterocycles. The SMILES string of the molecule is CC(C)c1cc(Br)ccc1OCC(=O)Nc1ccc(S(=O)(=O)NC2CCCCC2)cc1. The molecule has 2 aromatic carbocycles. The third-order valence-electron chi connectivity index (χ3n) is 5.33. The summed E-state index contributed by atoms with van der Waals surface area (Å²) in [5, 5.41) is 2.74. The van der Waals surface area contributed by atoms with Crippen molar-refractivity contribution in [1.29, 1.82) is 0 Å². The lowest BCUT2D eigenvalue weighted by Gasteiger charge is -2.22. The molecule has 0 saturated heterocycles. The van der Waals surface area contributed by atoms with Crippen molar-refractivity contribution in [3.8, 4) is 5.75 Å². The molecule has 0 aromatic heterocycles. The van der Waals surface area contributed by atoms with Crippen LogP contribution in [-0.4, -0.2) is 27.0 Å². The van der Waals surface area contributed by atoms with Gasteiger partial charge in [-0.1, -0.05) is 49.0 Å². The fourth-order valence-electron chi connectivity index (χ4n) is 3.67. The average molecular weight is 509 g/mol. The van der Waals surface area contributed by atoms with Gasteiger partial charge in [0.1, 0.15) is 5.75 Å². The second kappa shape index (κ2) is 10.6. The van der Waals surface area contributed by atoms with E-state index in [0.29, 0.717) is 11.4 Å². The molecule has 3 rings (SSSR count). The van der Waals surface area contributed by atoms with Crippen molar-refractivity contribution in [3.63, 3.8) is 0 Å². The van der Waals surface area contributed by atoms with E-state index in [4.69, 9.17) is 4.74 Å². The number of ether oxygens (including phenoxy) is 1. The van der Waals surface area contributed by atoms with Crippen molar-refractivity contribution in [2.45, 2.75) is 62.8 Å². The highest BCUT2D eigenvalue weighted by Gasteiger charge is 2.21. The summed E-state index contributed by atoms with van der Waals surface area (Å²) < 4.78 is 34.6. The summed E-state index contributed by atoms with van der Waals surface area (Å²) in [5.74, 6) is 0.615. The van der Waals surface area contributed by atoms with Gasteiger partial charge in [0.15, 0.2) is 6.61 Å². The molecule has 2 N–H and O–H groups in total. The summed E-state index contributed by atoms with van der Waals surface area (Å²) in [6.45, 7) is 3.99. The molecule has 1 amide bonds. The molecular weight excluding hydrogens is 480 g/mol. The van der Waals surface area contributed by atoms with E-state index >= 15 is 0 Å². The summed E-state index contributed by atoms with van der Waals surface area (Å²) in [6, 6.07) is 11.9. The van der Waals surface area contributed by atoms with Gasteiger partial charge in [-0.3, -0.25) is 4.79 Å². The predicted molar refractivity (Wildman–Crippen MR) is 126 cm³/mol. The van der Waals surface area contributed by atoms with E-state index in [2.05, 4.69) is 39.8 Å². The second-order valence-corrected chi connectivity index (χ2v) is 10.8. The van der Waals surface area contributed by atoms with E-state index in [-0.39, 0.29) is 29.4 Å². The first-order valence-electron chi connectivity index (χ1n) is 10.6. The zero-order chi connectivity index (χ0) is 22.4. The average Bonchev–Trinajstić information content (AvgIpc) is 2.73. The summed E-state index contributed by atoms with van der Waals surface area (Å²) in [6.07, 6.45) is 5.03. The second-order valence-electron chi connectivity index (χ2n) is 8.15. The van der Waals surface area contributed by atoms with Crippen LogP contribution in [0.2, 0.25) is 0 Å². The molecule has 6 nitrogen and oxygen atoms in total. The van der Waals surface area contributed by atoms with E-state index in [1.807, 2.05) is 18.2 Å². The Morgan fingerprint density at radius 3 is 2.42 bits per heavy atom. The third kappa shape index (κ3) is 6.79. The minimum atomic E-state index is -3.56. The van der Waals surface area contributed by atoms with Gasteiger partial charge < -0.3 is 10.1 Å².